The second kappa shape index (κ2) is 9.65. The van der Waals surface area contributed by atoms with E-state index in [0.717, 1.165) is 5.56 Å². The third kappa shape index (κ3) is 4.81. The Hall–Kier alpha value is -3.73. The number of carbonyl (C=O) groups is 3. The number of esters is 1. The number of ether oxygens (including phenoxy) is 1. The highest BCUT2D eigenvalue weighted by molar-refractivity contribution is 6.14. The largest absolute Gasteiger partial charge is 0.452 e. The molecule has 0 aliphatic carbocycles. The Morgan fingerprint density at radius 1 is 0.800 bits per heavy atom. The highest BCUT2D eigenvalue weighted by Crippen LogP contribution is 2.19. The van der Waals surface area contributed by atoms with E-state index in [-0.39, 0.29) is 28.9 Å². The summed E-state index contributed by atoms with van der Waals surface area (Å²) in [6, 6.07) is 24.6. The third-order valence-corrected chi connectivity index (χ3v) is 5.01. The molecule has 0 heterocycles. The van der Waals surface area contributed by atoms with Gasteiger partial charge in [-0.1, -0.05) is 78.9 Å². The SMILES string of the molecule is C[C@H](c1ccccc1)N(C)C(=O)COC(=O)c1ccccc1C(=O)c1ccccc1. The highest BCUT2D eigenvalue weighted by Gasteiger charge is 2.22. The van der Waals surface area contributed by atoms with Gasteiger partial charge in [-0.2, -0.15) is 0 Å². The highest BCUT2D eigenvalue weighted by atomic mass is 16.5. The normalized spacial score (nSPS) is 11.4. The van der Waals surface area contributed by atoms with Crippen molar-refractivity contribution in [3.63, 3.8) is 0 Å². The lowest BCUT2D eigenvalue weighted by Gasteiger charge is -2.25. The standard InChI is InChI=1S/C25H23NO4/c1-18(19-11-5-3-6-12-19)26(2)23(27)17-30-25(29)22-16-10-9-15-21(22)24(28)20-13-7-4-8-14-20/h3-16,18H,17H2,1-2H3/t18-/m1/s1. The predicted molar refractivity (Wildman–Crippen MR) is 114 cm³/mol. The molecule has 3 aromatic rings. The van der Waals surface area contributed by atoms with Gasteiger partial charge in [-0.3, -0.25) is 9.59 Å². The molecule has 0 bridgehead atoms. The number of likely N-dealkylation sites (N-methyl/N-ethyl adjacent to an activating group) is 1. The number of nitrogens with zero attached hydrogens (tertiary/aromatic N) is 1. The lowest BCUT2D eigenvalue weighted by Crippen LogP contribution is -2.33. The second-order valence-electron chi connectivity index (χ2n) is 6.91. The first-order valence-corrected chi connectivity index (χ1v) is 9.65. The molecule has 0 N–H and O–H groups in total. The molecular weight excluding hydrogens is 378 g/mol. The number of carbonyl (C=O) groups excluding carboxylic acids is 3. The molecule has 0 aliphatic rings. The molecule has 3 aromatic carbocycles. The van der Waals surface area contributed by atoms with E-state index in [1.54, 1.807) is 49.5 Å². The van der Waals surface area contributed by atoms with Gasteiger partial charge in [-0.05, 0) is 18.6 Å². The first kappa shape index (κ1) is 21.0. The van der Waals surface area contributed by atoms with Gasteiger partial charge in [0.2, 0.25) is 0 Å². The van der Waals surface area contributed by atoms with Gasteiger partial charge in [-0.25, -0.2) is 4.79 Å². The van der Waals surface area contributed by atoms with Crippen molar-refractivity contribution in [2.24, 2.45) is 0 Å². The zero-order chi connectivity index (χ0) is 21.5. The van der Waals surface area contributed by atoms with Gasteiger partial charge < -0.3 is 9.64 Å². The van der Waals surface area contributed by atoms with E-state index in [2.05, 4.69) is 0 Å². The molecule has 0 aromatic heterocycles. The molecule has 0 spiro atoms. The monoisotopic (exact) mass is 401 g/mol. The van der Waals surface area contributed by atoms with Crippen LogP contribution in [0.3, 0.4) is 0 Å². The zero-order valence-corrected chi connectivity index (χ0v) is 16.9. The van der Waals surface area contributed by atoms with Crippen molar-refractivity contribution in [3.8, 4) is 0 Å². The van der Waals surface area contributed by atoms with Crippen LogP contribution in [0.1, 0.15) is 44.8 Å². The summed E-state index contributed by atoms with van der Waals surface area (Å²) in [5, 5.41) is 0. The fourth-order valence-electron chi connectivity index (χ4n) is 3.08. The van der Waals surface area contributed by atoms with Crippen molar-refractivity contribution in [2.75, 3.05) is 13.7 Å². The molecule has 0 saturated heterocycles. The first-order chi connectivity index (χ1) is 14.5. The van der Waals surface area contributed by atoms with Crippen LogP contribution in [0.25, 0.3) is 0 Å². The van der Waals surface area contributed by atoms with Crippen molar-refractivity contribution in [1.29, 1.82) is 0 Å². The van der Waals surface area contributed by atoms with Gasteiger partial charge in [0.1, 0.15) is 0 Å². The van der Waals surface area contributed by atoms with Gasteiger partial charge >= 0.3 is 5.97 Å². The van der Waals surface area contributed by atoms with Gasteiger partial charge in [0.25, 0.3) is 5.91 Å². The van der Waals surface area contributed by atoms with Crippen LogP contribution in [0.15, 0.2) is 84.9 Å². The number of hydrogen-bond acceptors (Lipinski definition) is 4. The number of benzene rings is 3. The zero-order valence-electron chi connectivity index (χ0n) is 16.9. The topological polar surface area (TPSA) is 63.7 Å². The van der Waals surface area contributed by atoms with E-state index >= 15 is 0 Å². The Balaban J connectivity index is 1.68. The molecule has 0 fully saturated rings. The summed E-state index contributed by atoms with van der Waals surface area (Å²) < 4.78 is 5.24. The summed E-state index contributed by atoms with van der Waals surface area (Å²) in [6.45, 7) is 1.50. The minimum absolute atomic E-state index is 0.137. The Morgan fingerprint density at radius 3 is 1.97 bits per heavy atom. The molecule has 0 radical (unpaired) electrons. The molecule has 30 heavy (non-hydrogen) atoms. The van der Waals surface area contributed by atoms with Gasteiger partial charge in [0.15, 0.2) is 12.4 Å². The van der Waals surface area contributed by atoms with Gasteiger partial charge in [0, 0.05) is 18.2 Å². The Morgan fingerprint density at radius 2 is 1.33 bits per heavy atom. The quantitative estimate of drug-likeness (QED) is 0.438. The summed E-state index contributed by atoms with van der Waals surface area (Å²) >= 11 is 0. The third-order valence-electron chi connectivity index (χ3n) is 5.01. The van der Waals surface area contributed by atoms with Crippen molar-refractivity contribution in [3.05, 3.63) is 107 Å². The van der Waals surface area contributed by atoms with E-state index in [4.69, 9.17) is 4.74 Å². The Bertz CT molecular complexity index is 1030. The summed E-state index contributed by atoms with van der Waals surface area (Å²) in [5.41, 5.74) is 1.84. The van der Waals surface area contributed by atoms with Crippen LogP contribution in [0.4, 0.5) is 0 Å². The maximum atomic E-state index is 12.8. The van der Waals surface area contributed by atoms with Crippen LogP contribution < -0.4 is 0 Å². The molecule has 5 heteroatoms. The number of rotatable bonds is 7. The molecule has 3 rings (SSSR count). The summed E-state index contributed by atoms with van der Waals surface area (Å²) in [5.74, 6) is -1.31. The van der Waals surface area contributed by atoms with E-state index in [1.807, 2.05) is 43.3 Å². The van der Waals surface area contributed by atoms with Crippen LogP contribution in [0, 0.1) is 0 Å². The van der Waals surface area contributed by atoms with Crippen molar-refractivity contribution in [1.82, 2.24) is 4.90 Å². The summed E-state index contributed by atoms with van der Waals surface area (Å²) in [6.07, 6.45) is 0. The van der Waals surface area contributed by atoms with Gasteiger partial charge in [0.05, 0.1) is 11.6 Å². The summed E-state index contributed by atoms with van der Waals surface area (Å²) in [4.78, 5) is 39.5. The molecule has 1 amide bonds. The number of ketones is 1. The predicted octanol–water partition coefficient (Wildman–Crippen LogP) is 4.29. The molecule has 152 valence electrons. The van der Waals surface area contributed by atoms with E-state index < -0.39 is 12.6 Å². The minimum atomic E-state index is -0.705. The van der Waals surface area contributed by atoms with Gasteiger partial charge in [-0.15, -0.1) is 0 Å². The Labute approximate surface area is 175 Å². The Kier molecular flexibility index (Phi) is 6.75. The van der Waals surface area contributed by atoms with E-state index in [1.165, 1.54) is 11.0 Å². The first-order valence-electron chi connectivity index (χ1n) is 9.65. The van der Waals surface area contributed by atoms with Crippen molar-refractivity contribution >= 4 is 17.7 Å². The fraction of sp³-hybridized carbons (Fsp3) is 0.160. The van der Waals surface area contributed by atoms with Crippen LogP contribution in [0.5, 0.6) is 0 Å². The number of hydrogen-bond donors (Lipinski definition) is 0. The average molecular weight is 401 g/mol. The molecule has 1 atom stereocenters. The van der Waals surface area contributed by atoms with Crippen LogP contribution in [-0.4, -0.2) is 36.2 Å². The molecular formula is C25H23NO4. The van der Waals surface area contributed by atoms with Crippen LogP contribution in [-0.2, 0) is 9.53 Å². The lowest BCUT2D eigenvalue weighted by molar-refractivity contribution is -0.135. The lowest BCUT2D eigenvalue weighted by atomic mass is 9.98. The van der Waals surface area contributed by atoms with Crippen LogP contribution >= 0.6 is 0 Å². The maximum absolute atomic E-state index is 12.8. The smallest absolute Gasteiger partial charge is 0.339 e. The van der Waals surface area contributed by atoms with Crippen LogP contribution in [0.2, 0.25) is 0 Å². The maximum Gasteiger partial charge on any atom is 0.339 e. The number of amides is 1. The summed E-state index contributed by atoms with van der Waals surface area (Å²) in [7, 11) is 1.67. The fourth-order valence-corrected chi connectivity index (χ4v) is 3.08. The average Bonchev–Trinajstić information content (AvgIpc) is 2.82. The molecule has 5 nitrogen and oxygen atoms in total. The van der Waals surface area contributed by atoms with E-state index in [0.29, 0.717) is 5.56 Å². The molecule has 0 unspecified atom stereocenters. The minimum Gasteiger partial charge on any atom is -0.452 e. The molecule has 0 aliphatic heterocycles. The second-order valence-corrected chi connectivity index (χ2v) is 6.91. The van der Waals surface area contributed by atoms with Crippen molar-refractivity contribution in [2.45, 2.75) is 13.0 Å². The molecule has 0 saturated carbocycles. The van der Waals surface area contributed by atoms with Crippen molar-refractivity contribution < 1.29 is 19.1 Å². The van der Waals surface area contributed by atoms with E-state index in [9.17, 15) is 14.4 Å².